The van der Waals surface area contributed by atoms with Gasteiger partial charge in [-0.3, -0.25) is 0 Å². The van der Waals surface area contributed by atoms with Gasteiger partial charge in [0.25, 0.3) is 0 Å². The number of hydrogen-bond acceptors (Lipinski definition) is 4. The molecule has 1 aromatic carbocycles. The lowest BCUT2D eigenvalue weighted by Crippen LogP contribution is -2.49. The Labute approximate surface area is 143 Å². The number of methoxy groups -OCH3 is 2. The summed E-state index contributed by atoms with van der Waals surface area (Å²) >= 11 is 0. The highest BCUT2D eigenvalue weighted by atomic mass is 16.6. The minimum atomic E-state index is -0.220. The van der Waals surface area contributed by atoms with E-state index in [2.05, 4.69) is 6.07 Å². The molecule has 1 fully saturated rings. The van der Waals surface area contributed by atoms with Gasteiger partial charge in [-0.25, -0.2) is 4.79 Å². The van der Waals surface area contributed by atoms with E-state index in [0.29, 0.717) is 18.9 Å². The molecule has 1 aliphatic heterocycles. The highest BCUT2D eigenvalue weighted by Gasteiger charge is 2.42. The van der Waals surface area contributed by atoms with Crippen molar-refractivity contribution in [2.24, 2.45) is 0 Å². The maximum atomic E-state index is 12.4. The van der Waals surface area contributed by atoms with Crippen molar-refractivity contribution < 1.29 is 19.0 Å². The minimum absolute atomic E-state index is 0.0120. The molecule has 5 heteroatoms. The van der Waals surface area contributed by atoms with Crippen LogP contribution in [0.1, 0.15) is 50.2 Å². The third-order valence-electron chi connectivity index (χ3n) is 5.37. The van der Waals surface area contributed by atoms with Gasteiger partial charge in [0.15, 0.2) is 11.5 Å². The molecule has 132 valence electrons. The molecule has 1 aromatic rings. The fraction of sp³-hybridized carbons (Fsp3) is 0.632. The van der Waals surface area contributed by atoms with Gasteiger partial charge in [0.1, 0.15) is 0 Å². The molecular weight excluding hydrogens is 306 g/mol. The minimum Gasteiger partial charge on any atom is -0.493 e. The van der Waals surface area contributed by atoms with Gasteiger partial charge in [-0.1, -0.05) is 19.3 Å². The van der Waals surface area contributed by atoms with Crippen molar-refractivity contribution >= 4 is 6.09 Å². The zero-order chi connectivity index (χ0) is 17.2. The third kappa shape index (κ3) is 2.92. The van der Waals surface area contributed by atoms with E-state index < -0.39 is 0 Å². The van der Waals surface area contributed by atoms with Crippen LogP contribution in [0.15, 0.2) is 12.1 Å². The summed E-state index contributed by atoms with van der Waals surface area (Å²) < 4.78 is 16.2. The van der Waals surface area contributed by atoms with Gasteiger partial charge in [0.05, 0.1) is 20.8 Å². The van der Waals surface area contributed by atoms with E-state index in [0.717, 1.165) is 30.7 Å². The first kappa shape index (κ1) is 16.9. The number of nitrogens with zero attached hydrogens (tertiary/aromatic N) is 1. The van der Waals surface area contributed by atoms with E-state index in [1.165, 1.54) is 24.8 Å². The Hall–Kier alpha value is -1.91. The predicted octanol–water partition coefficient (Wildman–Crippen LogP) is 3.88. The molecule has 1 amide bonds. The Kier molecular flexibility index (Phi) is 4.88. The SMILES string of the molecule is CCOC(=O)N1Cc2cc(OC)c(OC)cc2C2(CCCCC2)C1. The Balaban J connectivity index is 2.05. The van der Waals surface area contributed by atoms with Crippen LogP contribution >= 0.6 is 0 Å². The quantitative estimate of drug-likeness (QED) is 0.842. The van der Waals surface area contributed by atoms with Crippen molar-refractivity contribution in [1.29, 1.82) is 0 Å². The molecule has 0 aromatic heterocycles. The zero-order valence-corrected chi connectivity index (χ0v) is 14.9. The molecule has 1 aliphatic carbocycles. The van der Waals surface area contributed by atoms with Crippen LogP contribution in [0.2, 0.25) is 0 Å². The largest absolute Gasteiger partial charge is 0.493 e. The molecule has 0 radical (unpaired) electrons. The van der Waals surface area contributed by atoms with Crippen LogP contribution in [0.3, 0.4) is 0 Å². The third-order valence-corrected chi connectivity index (χ3v) is 5.37. The van der Waals surface area contributed by atoms with Crippen molar-refractivity contribution in [3.05, 3.63) is 23.3 Å². The lowest BCUT2D eigenvalue weighted by atomic mass is 9.66. The van der Waals surface area contributed by atoms with Crippen molar-refractivity contribution in [2.45, 2.75) is 51.0 Å². The number of ether oxygens (including phenoxy) is 3. The number of hydrogen-bond donors (Lipinski definition) is 0. The molecule has 24 heavy (non-hydrogen) atoms. The normalized spacial score (nSPS) is 18.9. The van der Waals surface area contributed by atoms with Crippen LogP contribution in [-0.2, 0) is 16.7 Å². The van der Waals surface area contributed by atoms with Crippen LogP contribution in [0.5, 0.6) is 11.5 Å². The second kappa shape index (κ2) is 6.91. The van der Waals surface area contributed by atoms with Gasteiger partial charge in [-0.15, -0.1) is 0 Å². The number of amides is 1. The van der Waals surface area contributed by atoms with Gasteiger partial charge in [-0.05, 0) is 43.0 Å². The number of carbonyl (C=O) groups excluding carboxylic acids is 1. The van der Waals surface area contributed by atoms with Gasteiger partial charge in [0, 0.05) is 18.5 Å². The van der Waals surface area contributed by atoms with Crippen LogP contribution in [-0.4, -0.2) is 38.4 Å². The number of benzene rings is 1. The number of rotatable bonds is 3. The number of carbonyl (C=O) groups is 1. The Morgan fingerprint density at radius 3 is 2.42 bits per heavy atom. The van der Waals surface area contributed by atoms with Gasteiger partial charge in [0.2, 0.25) is 0 Å². The Morgan fingerprint density at radius 2 is 1.79 bits per heavy atom. The monoisotopic (exact) mass is 333 g/mol. The fourth-order valence-electron chi connectivity index (χ4n) is 4.26. The van der Waals surface area contributed by atoms with Crippen molar-refractivity contribution in [2.75, 3.05) is 27.4 Å². The molecular formula is C19H27NO4. The van der Waals surface area contributed by atoms with E-state index in [1.54, 1.807) is 14.2 Å². The maximum Gasteiger partial charge on any atom is 0.410 e. The first-order valence-electron chi connectivity index (χ1n) is 8.80. The summed E-state index contributed by atoms with van der Waals surface area (Å²) in [6.07, 6.45) is 5.65. The molecule has 1 heterocycles. The van der Waals surface area contributed by atoms with E-state index in [9.17, 15) is 4.79 Å². The second-order valence-corrected chi connectivity index (χ2v) is 6.76. The summed E-state index contributed by atoms with van der Waals surface area (Å²) in [4.78, 5) is 14.2. The van der Waals surface area contributed by atoms with Crippen LogP contribution in [0.25, 0.3) is 0 Å². The van der Waals surface area contributed by atoms with Gasteiger partial charge < -0.3 is 19.1 Å². The van der Waals surface area contributed by atoms with Crippen molar-refractivity contribution in [1.82, 2.24) is 4.90 Å². The van der Waals surface area contributed by atoms with E-state index in [-0.39, 0.29) is 11.5 Å². The molecule has 1 saturated carbocycles. The van der Waals surface area contributed by atoms with E-state index in [4.69, 9.17) is 14.2 Å². The molecule has 0 N–H and O–H groups in total. The lowest BCUT2D eigenvalue weighted by molar-refractivity contribution is 0.0799. The molecule has 2 aliphatic rings. The van der Waals surface area contributed by atoms with E-state index in [1.807, 2.05) is 17.9 Å². The van der Waals surface area contributed by atoms with Gasteiger partial charge in [-0.2, -0.15) is 0 Å². The van der Waals surface area contributed by atoms with Crippen LogP contribution in [0, 0.1) is 0 Å². The predicted molar refractivity (Wildman–Crippen MR) is 91.7 cm³/mol. The summed E-state index contributed by atoms with van der Waals surface area (Å²) in [5, 5.41) is 0. The molecule has 0 unspecified atom stereocenters. The van der Waals surface area contributed by atoms with Crippen molar-refractivity contribution in [3.63, 3.8) is 0 Å². The maximum absolute atomic E-state index is 12.4. The molecule has 1 spiro atoms. The standard InChI is InChI=1S/C19H27NO4/c1-4-24-18(21)20-12-14-10-16(22-2)17(23-3)11-15(14)19(13-20)8-6-5-7-9-19/h10-11H,4-9,12-13H2,1-3H3. The average molecular weight is 333 g/mol. The molecule has 0 atom stereocenters. The first-order valence-corrected chi connectivity index (χ1v) is 8.80. The summed E-state index contributed by atoms with van der Waals surface area (Å²) in [7, 11) is 3.32. The number of fused-ring (bicyclic) bond motifs is 2. The molecule has 0 saturated heterocycles. The van der Waals surface area contributed by atoms with Crippen LogP contribution < -0.4 is 9.47 Å². The van der Waals surface area contributed by atoms with E-state index >= 15 is 0 Å². The highest BCUT2D eigenvalue weighted by molar-refractivity contribution is 5.69. The first-order chi connectivity index (χ1) is 11.6. The molecule has 0 bridgehead atoms. The zero-order valence-electron chi connectivity index (χ0n) is 14.9. The average Bonchev–Trinajstić information content (AvgIpc) is 2.61. The van der Waals surface area contributed by atoms with Crippen LogP contribution in [0.4, 0.5) is 4.79 Å². The Morgan fingerprint density at radius 1 is 1.12 bits per heavy atom. The second-order valence-electron chi connectivity index (χ2n) is 6.76. The highest BCUT2D eigenvalue weighted by Crippen LogP contribution is 2.47. The summed E-state index contributed by atoms with van der Waals surface area (Å²) in [6.45, 7) is 3.55. The van der Waals surface area contributed by atoms with Gasteiger partial charge >= 0.3 is 6.09 Å². The summed E-state index contributed by atoms with van der Waals surface area (Å²) in [6, 6.07) is 4.15. The topological polar surface area (TPSA) is 48.0 Å². The smallest absolute Gasteiger partial charge is 0.410 e. The van der Waals surface area contributed by atoms with Crippen molar-refractivity contribution in [3.8, 4) is 11.5 Å². The lowest BCUT2D eigenvalue weighted by Gasteiger charge is -2.46. The molecule has 3 rings (SSSR count). The summed E-state index contributed by atoms with van der Waals surface area (Å²) in [5.74, 6) is 1.48. The summed E-state index contributed by atoms with van der Waals surface area (Å²) in [5.41, 5.74) is 2.48. The fourth-order valence-corrected chi connectivity index (χ4v) is 4.26. The Bertz CT molecular complexity index is 608. The molecule has 5 nitrogen and oxygen atoms in total.